The van der Waals surface area contributed by atoms with Crippen molar-refractivity contribution in [1.29, 1.82) is 0 Å². The minimum absolute atomic E-state index is 0.212. The third-order valence-electron chi connectivity index (χ3n) is 4.67. The molecule has 2 fully saturated rings. The standard InChI is InChI=1S/C14H21BrN2O2S2/c1-11-12(9-13(15)20-11)21(18,19)17-8-7-16-10-14(17)5-3-2-4-6-14/h9,16H,2-8,10H2,1H3. The molecular formula is C14H21BrN2O2S2. The zero-order chi connectivity index (χ0) is 15.1. The SMILES string of the molecule is Cc1sc(Br)cc1S(=O)(=O)N1CCNCC12CCCCC2. The molecule has 1 aromatic rings. The van der Waals surface area contributed by atoms with Crippen LogP contribution in [0.25, 0.3) is 0 Å². The van der Waals surface area contributed by atoms with Gasteiger partial charge in [-0.3, -0.25) is 0 Å². The summed E-state index contributed by atoms with van der Waals surface area (Å²) in [7, 11) is -3.41. The summed E-state index contributed by atoms with van der Waals surface area (Å²) in [4.78, 5) is 1.34. The topological polar surface area (TPSA) is 49.4 Å². The molecule has 4 nitrogen and oxygen atoms in total. The Hall–Kier alpha value is 0.0500. The number of sulfonamides is 1. The Labute approximate surface area is 139 Å². The van der Waals surface area contributed by atoms with E-state index in [1.165, 1.54) is 17.8 Å². The highest BCUT2D eigenvalue weighted by atomic mass is 79.9. The molecule has 1 N–H and O–H groups in total. The maximum atomic E-state index is 13.2. The largest absolute Gasteiger partial charge is 0.314 e. The fourth-order valence-electron chi connectivity index (χ4n) is 3.64. The van der Waals surface area contributed by atoms with E-state index in [0.717, 1.165) is 47.4 Å². The number of nitrogens with one attached hydrogen (secondary N) is 1. The summed E-state index contributed by atoms with van der Waals surface area (Å²) in [6.07, 6.45) is 5.42. The van der Waals surface area contributed by atoms with E-state index in [4.69, 9.17) is 0 Å². The van der Waals surface area contributed by atoms with Gasteiger partial charge in [0.25, 0.3) is 0 Å². The normalized spacial score (nSPS) is 23.5. The maximum absolute atomic E-state index is 13.2. The lowest BCUT2D eigenvalue weighted by Crippen LogP contribution is -2.63. The quantitative estimate of drug-likeness (QED) is 0.840. The second-order valence-electron chi connectivity index (χ2n) is 6.01. The van der Waals surface area contributed by atoms with Gasteiger partial charge in [0.15, 0.2) is 0 Å². The van der Waals surface area contributed by atoms with Crippen LogP contribution in [0, 0.1) is 6.92 Å². The van der Waals surface area contributed by atoms with Crippen LogP contribution in [0.2, 0.25) is 0 Å². The van der Waals surface area contributed by atoms with Gasteiger partial charge in [-0.25, -0.2) is 8.42 Å². The molecule has 118 valence electrons. The van der Waals surface area contributed by atoms with Gasteiger partial charge < -0.3 is 5.32 Å². The van der Waals surface area contributed by atoms with E-state index in [1.807, 2.05) is 6.92 Å². The minimum Gasteiger partial charge on any atom is -0.314 e. The Bertz CT molecular complexity index is 613. The van der Waals surface area contributed by atoms with Gasteiger partial charge in [-0.05, 0) is 41.8 Å². The van der Waals surface area contributed by atoms with Crippen molar-refractivity contribution in [2.45, 2.75) is 49.5 Å². The van der Waals surface area contributed by atoms with Gasteiger partial charge in [-0.2, -0.15) is 4.31 Å². The van der Waals surface area contributed by atoms with E-state index in [2.05, 4.69) is 21.2 Å². The van der Waals surface area contributed by atoms with Gasteiger partial charge in [0.1, 0.15) is 0 Å². The average molecular weight is 393 g/mol. The van der Waals surface area contributed by atoms with Crippen molar-refractivity contribution in [3.63, 3.8) is 0 Å². The molecule has 3 rings (SSSR count). The number of piperazine rings is 1. The van der Waals surface area contributed by atoms with Crippen LogP contribution in [-0.4, -0.2) is 37.9 Å². The number of hydrogen-bond donors (Lipinski definition) is 1. The number of halogens is 1. The van der Waals surface area contributed by atoms with Gasteiger partial charge >= 0.3 is 0 Å². The lowest BCUT2D eigenvalue weighted by atomic mass is 9.80. The summed E-state index contributed by atoms with van der Waals surface area (Å²) in [5, 5.41) is 3.41. The third-order valence-corrected chi connectivity index (χ3v) is 8.48. The molecule has 7 heteroatoms. The van der Waals surface area contributed by atoms with E-state index in [9.17, 15) is 8.42 Å². The van der Waals surface area contributed by atoms with Crippen LogP contribution in [0.3, 0.4) is 0 Å². The van der Waals surface area contributed by atoms with Crippen LogP contribution in [0.5, 0.6) is 0 Å². The summed E-state index contributed by atoms with van der Waals surface area (Å²) in [5.41, 5.74) is -0.212. The molecule has 0 bridgehead atoms. The first kappa shape index (κ1) is 15.9. The first-order chi connectivity index (χ1) is 9.96. The van der Waals surface area contributed by atoms with Crippen molar-refractivity contribution in [3.8, 4) is 0 Å². The molecule has 1 saturated carbocycles. The third kappa shape index (κ3) is 2.83. The smallest absolute Gasteiger partial charge is 0.244 e. The molecule has 0 atom stereocenters. The molecule has 1 spiro atoms. The van der Waals surface area contributed by atoms with Gasteiger partial charge in [-0.15, -0.1) is 11.3 Å². The molecule has 0 amide bonds. The second kappa shape index (κ2) is 5.92. The lowest BCUT2D eigenvalue weighted by molar-refractivity contribution is 0.101. The Morgan fingerprint density at radius 1 is 1.33 bits per heavy atom. The zero-order valence-corrected chi connectivity index (χ0v) is 15.4. The molecule has 0 aromatic carbocycles. The second-order valence-corrected chi connectivity index (χ2v) is 10.5. The first-order valence-corrected chi connectivity index (χ1v) is 10.5. The molecule has 21 heavy (non-hydrogen) atoms. The van der Waals surface area contributed by atoms with E-state index in [0.29, 0.717) is 11.4 Å². The fourth-order valence-corrected chi connectivity index (χ4v) is 7.85. The highest BCUT2D eigenvalue weighted by molar-refractivity contribution is 9.11. The molecule has 1 saturated heterocycles. The summed E-state index contributed by atoms with van der Waals surface area (Å²) in [6.45, 7) is 4.00. The van der Waals surface area contributed by atoms with Crippen LogP contribution in [0.15, 0.2) is 14.7 Å². The van der Waals surface area contributed by atoms with Crippen molar-refractivity contribution in [1.82, 2.24) is 9.62 Å². The number of nitrogens with zero attached hydrogens (tertiary/aromatic N) is 1. The van der Waals surface area contributed by atoms with E-state index >= 15 is 0 Å². The average Bonchev–Trinajstić information content (AvgIpc) is 2.80. The maximum Gasteiger partial charge on any atom is 0.244 e. The van der Waals surface area contributed by atoms with Crippen molar-refractivity contribution >= 4 is 37.3 Å². The highest BCUT2D eigenvalue weighted by Crippen LogP contribution is 2.40. The Balaban J connectivity index is 2.01. The molecule has 0 radical (unpaired) electrons. The predicted octanol–water partition coefficient (Wildman–Crippen LogP) is 3.12. The van der Waals surface area contributed by atoms with Crippen LogP contribution < -0.4 is 5.32 Å². The molecule has 1 aromatic heterocycles. The van der Waals surface area contributed by atoms with Gasteiger partial charge in [0, 0.05) is 30.1 Å². The summed E-state index contributed by atoms with van der Waals surface area (Å²) >= 11 is 4.90. The molecular weight excluding hydrogens is 372 g/mol. The zero-order valence-electron chi connectivity index (χ0n) is 12.2. The molecule has 0 unspecified atom stereocenters. The summed E-state index contributed by atoms with van der Waals surface area (Å²) in [6, 6.07) is 1.76. The highest BCUT2D eigenvalue weighted by Gasteiger charge is 2.46. The predicted molar refractivity (Wildman–Crippen MR) is 89.3 cm³/mol. The van der Waals surface area contributed by atoms with E-state index in [-0.39, 0.29) is 5.54 Å². The van der Waals surface area contributed by atoms with Crippen LogP contribution >= 0.6 is 27.3 Å². The van der Waals surface area contributed by atoms with Crippen molar-refractivity contribution in [2.24, 2.45) is 0 Å². The van der Waals surface area contributed by atoms with Crippen LogP contribution in [-0.2, 0) is 10.0 Å². The molecule has 2 aliphatic rings. The Morgan fingerprint density at radius 3 is 2.67 bits per heavy atom. The van der Waals surface area contributed by atoms with Crippen molar-refractivity contribution < 1.29 is 8.42 Å². The number of hydrogen-bond acceptors (Lipinski definition) is 4. The monoisotopic (exact) mass is 392 g/mol. The molecule has 1 aliphatic carbocycles. The van der Waals surface area contributed by atoms with Gasteiger partial charge in [0.05, 0.1) is 8.68 Å². The van der Waals surface area contributed by atoms with Gasteiger partial charge in [0.2, 0.25) is 10.0 Å². The Morgan fingerprint density at radius 2 is 2.05 bits per heavy atom. The molecule has 1 aliphatic heterocycles. The van der Waals surface area contributed by atoms with Crippen LogP contribution in [0.4, 0.5) is 0 Å². The fraction of sp³-hybridized carbons (Fsp3) is 0.714. The van der Waals surface area contributed by atoms with E-state index < -0.39 is 10.0 Å². The van der Waals surface area contributed by atoms with Gasteiger partial charge in [-0.1, -0.05) is 19.3 Å². The van der Waals surface area contributed by atoms with E-state index in [1.54, 1.807) is 10.4 Å². The Kier molecular flexibility index (Phi) is 4.49. The summed E-state index contributed by atoms with van der Waals surface area (Å²) < 4.78 is 29.0. The van der Waals surface area contributed by atoms with Crippen molar-refractivity contribution in [3.05, 3.63) is 14.7 Å². The number of thiophene rings is 1. The lowest BCUT2D eigenvalue weighted by Gasteiger charge is -2.48. The van der Waals surface area contributed by atoms with Crippen LogP contribution in [0.1, 0.15) is 37.0 Å². The minimum atomic E-state index is -3.41. The molecule has 2 heterocycles. The number of aryl methyl sites for hydroxylation is 1. The number of rotatable bonds is 2. The van der Waals surface area contributed by atoms with Crippen molar-refractivity contribution in [2.75, 3.05) is 19.6 Å². The first-order valence-electron chi connectivity index (χ1n) is 7.45. The summed E-state index contributed by atoms with van der Waals surface area (Å²) in [5.74, 6) is 0.